The Kier molecular flexibility index (Phi) is 14.4. The average molecular weight is 759 g/mol. The molecule has 0 unspecified atom stereocenters. The van der Waals surface area contributed by atoms with Gasteiger partial charge in [0, 0.05) is 48.4 Å². The number of hydrogen-bond acceptors (Lipinski definition) is 10. The Bertz CT molecular complexity index is 1690. The molecule has 53 heavy (non-hydrogen) atoms. The first-order chi connectivity index (χ1) is 26.0. The fourth-order valence-corrected chi connectivity index (χ4v) is 10.1. The largest absolute Gasteiger partial charge is 0.460 e. The van der Waals surface area contributed by atoms with Gasteiger partial charge in [-0.1, -0.05) is 30.1 Å². The Morgan fingerprint density at radius 3 is 2.47 bits per heavy atom. The van der Waals surface area contributed by atoms with Crippen molar-refractivity contribution >= 4 is 29.2 Å². The SMILES string of the molecule is C=CCO[C@@]12Oc3ccc(Oc4ccc(SC)cc4)cc3[C@H]3[C@H](CCCCO)[C@@H](CCCCO)C=C(C(=NOCC)C[C@@H]1SCCc1ccncc1)[C@H]32. The molecule has 0 bridgehead atoms. The zero-order valence-electron chi connectivity index (χ0n) is 31.0. The van der Waals surface area contributed by atoms with Crippen LogP contribution < -0.4 is 9.47 Å². The standard InChI is InChI=1S/C43H54N2O6S2/c1-4-25-48-43-40(53-26-20-30-18-21-44-22-19-30)29-38(45-49-5-2)36-27-31(10-6-8-23-46)35(11-7-9-24-47)41(42(36)43)37-28-33(14-17-39(37)51-43)50-32-12-15-34(52-3)16-13-32/h4,12-19,21-22,27-28,31,35,40-42,46-47H,1,5-11,20,23-26,29H2,2-3H3/t31-,35+,40-,41+,42+,43+/m0/s1. The van der Waals surface area contributed by atoms with Crippen molar-refractivity contribution < 1.29 is 29.3 Å². The van der Waals surface area contributed by atoms with Gasteiger partial charge in [0.05, 0.1) is 23.5 Å². The molecule has 2 N–H and O–H groups in total. The number of unbranched alkanes of at least 4 members (excludes halogenated alkanes) is 2. The minimum Gasteiger partial charge on any atom is -0.460 e. The van der Waals surface area contributed by atoms with Crippen molar-refractivity contribution in [2.24, 2.45) is 22.9 Å². The number of oxime groups is 1. The molecule has 6 atom stereocenters. The molecule has 0 amide bonds. The quantitative estimate of drug-likeness (QED) is 0.0506. The summed E-state index contributed by atoms with van der Waals surface area (Å²) >= 11 is 3.57. The third-order valence-corrected chi connectivity index (χ3v) is 12.8. The fraction of sp³-hybridized carbons (Fsp3) is 0.488. The first kappa shape index (κ1) is 39.4. The molecular formula is C43H54N2O6S2. The number of hydrogen-bond donors (Lipinski definition) is 2. The Morgan fingerprint density at radius 2 is 1.75 bits per heavy atom. The topological polar surface area (TPSA) is 103 Å². The van der Waals surface area contributed by atoms with Crippen molar-refractivity contribution in [3.8, 4) is 17.2 Å². The molecule has 3 aliphatic rings. The number of aryl methyl sites for hydroxylation is 1. The molecule has 1 fully saturated rings. The Morgan fingerprint density at radius 1 is 1.00 bits per heavy atom. The molecule has 2 aromatic carbocycles. The van der Waals surface area contributed by atoms with Gasteiger partial charge in [-0.3, -0.25) is 4.98 Å². The third-order valence-electron chi connectivity index (χ3n) is 10.7. The van der Waals surface area contributed by atoms with E-state index in [4.69, 9.17) is 24.2 Å². The Hall–Kier alpha value is -3.28. The van der Waals surface area contributed by atoms with Gasteiger partial charge < -0.3 is 29.3 Å². The number of nitrogens with zero attached hydrogens (tertiary/aromatic N) is 2. The zero-order chi connectivity index (χ0) is 37.0. The highest BCUT2D eigenvalue weighted by Gasteiger charge is 2.63. The number of rotatable bonds is 20. The maximum atomic E-state index is 9.88. The highest BCUT2D eigenvalue weighted by atomic mass is 32.2. The zero-order valence-corrected chi connectivity index (χ0v) is 32.7. The first-order valence-electron chi connectivity index (χ1n) is 19.1. The molecule has 8 nitrogen and oxygen atoms in total. The first-order valence-corrected chi connectivity index (χ1v) is 21.3. The van der Waals surface area contributed by atoms with Crippen molar-refractivity contribution in [1.82, 2.24) is 4.98 Å². The van der Waals surface area contributed by atoms with Gasteiger partial charge in [0.25, 0.3) is 0 Å². The molecule has 0 spiro atoms. The maximum absolute atomic E-state index is 9.88. The summed E-state index contributed by atoms with van der Waals surface area (Å²) in [5.74, 6) is 2.52. The molecule has 1 aliphatic heterocycles. The van der Waals surface area contributed by atoms with Gasteiger partial charge in [-0.25, -0.2) is 0 Å². The van der Waals surface area contributed by atoms with Crippen LogP contribution in [-0.2, 0) is 16.0 Å². The molecule has 2 aliphatic carbocycles. The number of benzene rings is 2. The second-order valence-electron chi connectivity index (χ2n) is 13.9. The smallest absolute Gasteiger partial charge is 0.230 e. The number of pyridine rings is 1. The molecule has 0 saturated heterocycles. The van der Waals surface area contributed by atoms with Crippen LogP contribution in [0, 0.1) is 17.8 Å². The monoisotopic (exact) mass is 758 g/mol. The lowest BCUT2D eigenvalue weighted by atomic mass is 9.56. The van der Waals surface area contributed by atoms with Crippen molar-refractivity contribution in [2.75, 3.05) is 38.4 Å². The molecule has 0 radical (unpaired) electrons. The van der Waals surface area contributed by atoms with Crippen LogP contribution in [0.1, 0.15) is 68.9 Å². The minimum absolute atomic E-state index is 0.0132. The summed E-state index contributed by atoms with van der Waals surface area (Å²) in [6.07, 6.45) is 16.7. The van der Waals surface area contributed by atoms with E-state index >= 15 is 0 Å². The number of ether oxygens (including phenoxy) is 3. The Balaban J connectivity index is 1.49. The molecule has 284 valence electrons. The van der Waals surface area contributed by atoms with Crippen molar-refractivity contribution in [1.29, 1.82) is 0 Å². The van der Waals surface area contributed by atoms with Gasteiger partial charge in [0.15, 0.2) is 0 Å². The number of aliphatic hydroxyl groups excluding tert-OH is 2. The van der Waals surface area contributed by atoms with Gasteiger partial charge in [-0.2, -0.15) is 11.8 Å². The molecule has 10 heteroatoms. The summed E-state index contributed by atoms with van der Waals surface area (Å²) in [4.78, 5) is 11.2. The van der Waals surface area contributed by atoms with Crippen LogP contribution in [-0.4, -0.2) is 70.4 Å². The van der Waals surface area contributed by atoms with Crippen LogP contribution in [0.4, 0.5) is 0 Å². The third kappa shape index (κ3) is 9.16. The number of aliphatic hydroxyl groups is 2. The minimum atomic E-state index is -0.993. The summed E-state index contributed by atoms with van der Waals surface area (Å²) in [6, 6.07) is 18.6. The fourth-order valence-electron chi connectivity index (χ4n) is 8.33. The average Bonchev–Trinajstić information content (AvgIpc) is 3.19. The number of aromatic nitrogens is 1. The summed E-state index contributed by atoms with van der Waals surface area (Å²) in [7, 11) is 0. The lowest BCUT2D eigenvalue weighted by Gasteiger charge is -2.58. The van der Waals surface area contributed by atoms with E-state index in [9.17, 15) is 10.2 Å². The summed E-state index contributed by atoms with van der Waals surface area (Å²) < 4.78 is 20.8. The second kappa shape index (κ2) is 19.4. The van der Waals surface area contributed by atoms with Gasteiger partial charge in [-0.15, -0.1) is 18.3 Å². The van der Waals surface area contributed by atoms with E-state index in [1.807, 2.05) is 55.4 Å². The van der Waals surface area contributed by atoms with E-state index < -0.39 is 5.79 Å². The summed E-state index contributed by atoms with van der Waals surface area (Å²) in [6.45, 7) is 7.17. The van der Waals surface area contributed by atoms with E-state index in [1.54, 1.807) is 11.8 Å². The van der Waals surface area contributed by atoms with Crippen LogP contribution in [0.5, 0.6) is 17.2 Å². The van der Waals surface area contributed by atoms with E-state index in [0.29, 0.717) is 19.6 Å². The van der Waals surface area contributed by atoms with Crippen molar-refractivity contribution in [3.63, 3.8) is 0 Å². The normalized spacial score (nSPS) is 25.2. The van der Waals surface area contributed by atoms with Crippen molar-refractivity contribution in [2.45, 2.75) is 80.1 Å². The maximum Gasteiger partial charge on any atom is 0.230 e. The van der Waals surface area contributed by atoms with Crippen LogP contribution in [0.15, 0.2) is 101 Å². The molecule has 3 aromatic rings. The van der Waals surface area contributed by atoms with Gasteiger partial charge in [-0.05, 0) is 129 Å². The lowest BCUT2D eigenvalue weighted by Crippen LogP contribution is -2.64. The predicted octanol–water partition coefficient (Wildman–Crippen LogP) is 9.23. The van der Waals surface area contributed by atoms with Crippen LogP contribution in [0.2, 0.25) is 0 Å². The van der Waals surface area contributed by atoms with Gasteiger partial charge in [0.2, 0.25) is 5.79 Å². The summed E-state index contributed by atoms with van der Waals surface area (Å²) in [5, 5.41) is 24.4. The predicted molar refractivity (Wildman–Crippen MR) is 215 cm³/mol. The van der Waals surface area contributed by atoms with Crippen LogP contribution in [0.3, 0.4) is 0 Å². The second-order valence-corrected chi connectivity index (χ2v) is 16.1. The highest BCUT2D eigenvalue weighted by molar-refractivity contribution is 8.00. The molecule has 1 aromatic heterocycles. The van der Waals surface area contributed by atoms with E-state index in [1.165, 1.54) is 10.5 Å². The van der Waals surface area contributed by atoms with Gasteiger partial charge >= 0.3 is 0 Å². The van der Waals surface area contributed by atoms with Gasteiger partial charge in [0.1, 0.15) is 23.9 Å². The van der Waals surface area contributed by atoms with Crippen molar-refractivity contribution in [3.05, 3.63) is 102 Å². The molecule has 1 saturated carbocycles. The number of allylic oxidation sites excluding steroid dienone is 1. The Labute approximate surface area is 323 Å². The number of fused-ring (bicyclic) bond motifs is 2. The highest BCUT2D eigenvalue weighted by Crippen LogP contribution is 2.62. The number of thioether (sulfide) groups is 2. The summed E-state index contributed by atoms with van der Waals surface area (Å²) in [5.41, 5.74) is 4.44. The van der Waals surface area contributed by atoms with E-state index in [2.05, 4.69) is 60.3 Å². The van der Waals surface area contributed by atoms with Crippen LogP contribution in [0.25, 0.3) is 0 Å². The molecular weight excluding hydrogens is 705 g/mol. The van der Waals surface area contributed by atoms with E-state index in [0.717, 1.165) is 84.8 Å². The molecule has 6 rings (SSSR count). The molecule has 2 heterocycles. The van der Waals surface area contributed by atoms with Crippen LogP contribution >= 0.6 is 23.5 Å². The van der Waals surface area contributed by atoms with E-state index in [-0.39, 0.29) is 42.1 Å². The lowest BCUT2D eigenvalue weighted by molar-refractivity contribution is -0.223.